The highest BCUT2D eigenvalue weighted by atomic mass is 19.1. The van der Waals surface area contributed by atoms with Gasteiger partial charge < -0.3 is 10.0 Å². The third kappa shape index (κ3) is 4.14. The van der Waals surface area contributed by atoms with Gasteiger partial charge in [-0.15, -0.1) is 0 Å². The minimum absolute atomic E-state index is 0.141. The van der Waals surface area contributed by atoms with Gasteiger partial charge in [-0.25, -0.2) is 4.39 Å². The summed E-state index contributed by atoms with van der Waals surface area (Å²) in [6.45, 7) is 4.65. The Morgan fingerprint density at radius 3 is 2.50 bits per heavy atom. The van der Waals surface area contributed by atoms with Gasteiger partial charge in [-0.1, -0.05) is 26.0 Å². The van der Waals surface area contributed by atoms with E-state index in [0.29, 0.717) is 17.8 Å². The van der Waals surface area contributed by atoms with E-state index in [1.165, 1.54) is 30.5 Å². The van der Waals surface area contributed by atoms with Crippen molar-refractivity contribution < 1.29 is 14.3 Å². The number of nitrogens with one attached hydrogen (secondary N) is 1. The molecule has 0 saturated heterocycles. The van der Waals surface area contributed by atoms with Crippen LogP contribution in [0.2, 0.25) is 0 Å². The lowest BCUT2D eigenvalue weighted by Gasteiger charge is -2.26. The Morgan fingerprint density at radius 2 is 1.95 bits per heavy atom. The number of aliphatic hydroxyl groups is 1. The molecule has 0 aliphatic carbocycles. The highest BCUT2D eigenvalue weighted by Gasteiger charge is 2.21. The molecule has 1 aromatic carbocycles. The van der Waals surface area contributed by atoms with Gasteiger partial charge >= 0.3 is 0 Å². The number of benzene rings is 1. The standard InChI is InChI=1S/C16H20FN3O2/c1-11(2)9-20(16(22)14-7-8-18-19-14)10-15(21)12-3-5-13(17)6-4-12/h3-8,11,15,21H,9-10H2,1-2H3,(H,18,19)/t15-/m0/s1. The molecule has 1 heterocycles. The van der Waals surface area contributed by atoms with Crippen LogP contribution < -0.4 is 0 Å². The number of carbonyl (C=O) groups excluding carboxylic acids is 1. The number of halogens is 1. The minimum atomic E-state index is -0.869. The summed E-state index contributed by atoms with van der Waals surface area (Å²) in [4.78, 5) is 14.0. The van der Waals surface area contributed by atoms with E-state index in [2.05, 4.69) is 10.2 Å². The summed E-state index contributed by atoms with van der Waals surface area (Å²) in [7, 11) is 0. The molecule has 1 aromatic heterocycles. The van der Waals surface area contributed by atoms with E-state index in [4.69, 9.17) is 0 Å². The average molecular weight is 305 g/mol. The van der Waals surface area contributed by atoms with E-state index in [-0.39, 0.29) is 24.2 Å². The second-order valence-electron chi connectivity index (χ2n) is 5.64. The monoisotopic (exact) mass is 305 g/mol. The minimum Gasteiger partial charge on any atom is -0.387 e. The number of carbonyl (C=O) groups is 1. The normalized spacial score (nSPS) is 12.4. The fourth-order valence-corrected chi connectivity index (χ4v) is 2.23. The molecule has 0 unspecified atom stereocenters. The number of aromatic nitrogens is 2. The molecule has 0 radical (unpaired) electrons. The first-order valence-electron chi connectivity index (χ1n) is 7.19. The highest BCUT2D eigenvalue weighted by Crippen LogP contribution is 2.17. The topological polar surface area (TPSA) is 69.2 Å². The average Bonchev–Trinajstić information content (AvgIpc) is 3.00. The lowest BCUT2D eigenvalue weighted by Crippen LogP contribution is -2.37. The summed E-state index contributed by atoms with van der Waals surface area (Å²) < 4.78 is 12.9. The van der Waals surface area contributed by atoms with Crippen molar-refractivity contribution in [2.24, 2.45) is 5.92 Å². The molecule has 2 rings (SSSR count). The second-order valence-corrected chi connectivity index (χ2v) is 5.64. The number of rotatable bonds is 6. The number of aromatic amines is 1. The first-order valence-corrected chi connectivity index (χ1v) is 7.19. The third-order valence-electron chi connectivity index (χ3n) is 3.25. The molecule has 22 heavy (non-hydrogen) atoms. The maximum absolute atomic E-state index is 12.9. The summed E-state index contributed by atoms with van der Waals surface area (Å²) in [5.74, 6) is -0.317. The molecule has 1 atom stereocenters. The van der Waals surface area contributed by atoms with Crippen LogP contribution in [0.1, 0.15) is 36.0 Å². The summed E-state index contributed by atoms with van der Waals surface area (Å²) >= 11 is 0. The van der Waals surface area contributed by atoms with Crippen molar-refractivity contribution in [3.63, 3.8) is 0 Å². The van der Waals surface area contributed by atoms with Crippen LogP contribution in [-0.2, 0) is 0 Å². The second kappa shape index (κ2) is 7.17. The molecular weight excluding hydrogens is 285 g/mol. The molecule has 6 heteroatoms. The maximum atomic E-state index is 12.9. The Hall–Kier alpha value is -2.21. The van der Waals surface area contributed by atoms with Gasteiger partial charge in [-0.05, 0) is 29.7 Å². The summed E-state index contributed by atoms with van der Waals surface area (Å²) in [5, 5.41) is 16.7. The first kappa shape index (κ1) is 16.2. The lowest BCUT2D eigenvalue weighted by atomic mass is 10.1. The number of hydrogen-bond acceptors (Lipinski definition) is 3. The van der Waals surface area contributed by atoms with E-state index < -0.39 is 6.10 Å². The van der Waals surface area contributed by atoms with Crippen LogP contribution in [0.3, 0.4) is 0 Å². The third-order valence-corrected chi connectivity index (χ3v) is 3.25. The van der Waals surface area contributed by atoms with Gasteiger partial charge in [0.2, 0.25) is 0 Å². The Kier molecular flexibility index (Phi) is 5.27. The van der Waals surface area contributed by atoms with E-state index in [1.54, 1.807) is 11.0 Å². The number of nitrogens with zero attached hydrogens (tertiary/aromatic N) is 2. The van der Waals surface area contributed by atoms with Crippen LogP contribution in [0.5, 0.6) is 0 Å². The van der Waals surface area contributed by atoms with E-state index >= 15 is 0 Å². The Morgan fingerprint density at radius 1 is 1.27 bits per heavy atom. The molecule has 0 saturated carbocycles. The molecule has 0 bridgehead atoms. The summed E-state index contributed by atoms with van der Waals surface area (Å²) in [6, 6.07) is 7.23. The molecule has 2 N–H and O–H groups in total. The molecule has 118 valence electrons. The van der Waals surface area contributed by atoms with Gasteiger partial charge in [0, 0.05) is 12.7 Å². The van der Waals surface area contributed by atoms with Crippen LogP contribution in [0.15, 0.2) is 36.5 Å². The zero-order valence-electron chi connectivity index (χ0n) is 12.7. The van der Waals surface area contributed by atoms with Gasteiger partial charge in [0.25, 0.3) is 5.91 Å². The van der Waals surface area contributed by atoms with Crippen LogP contribution >= 0.6 is 0 Å². The predicted molar refractivity (Wildman–Crippen MR) is 80.7 cm³/mol. The quantitative estimate of drug-likeness (QED) is 0.861. The van der Waals surface area contributed by atoms with Gasteiger partial charge in [0.1, 0.15) is 11.5 Å². The Labute approximate surface area is 128 Å². The molecule has 0 aliphatic rings. The van der Waals surface area contributed by atoms with Crippen molar-refractivity contribution in [1.29, 1.82) is 0 Å². The molecular formula is C16H20FN3O2. The fourth-order valence-electron chi connectivity index (χ4n) is 2.23. The lowest BCUT2D eigenvalue weighted by molar-refractivity contribution is 0.0589. The van der Waals surface area contributed by atoms with Crippen molar-refractivity contribution >= 4 is 5.91 Å². The first-order chi connectivity index (χ1) is 10.5. The maximum Gasteiger partial charge on any atom is 0.271 e. The molecule has 0 aliphatic heterocycles. The van der Waals surface area contributed by atoms with Crippen molar-refractivity contribution in [1.82, 2.24) is 15.1 Å². The van der Waals surface area contributed by atoms with Crippen LogP contribution in [-0.4, -0.2) is 39.2 Å². The SMILES string of the molecule is CC(C)CN(C[C@H](O)c1ccc(F)cc1)C(=O)c1ccn[nH]1. The van der Waals surface area contributed by atoms with E-state index in [9.17, 15) is 14.3 Å². The summed E-state index contributed by atoms with van der Waals surface area (Å²) in [5.41, 5.74) is 0.958. The number of hydrogen-bond donors (Lipinski definition) is 2. The van der Waals surface area contributed by atoms with Crippen molar-refractivity contribution in [3.8, 4) is 0 Å². The zero-order chi connectivity index (χ0) is 16.1. The Bertz CT molecular complexity index is 596. The predicted octanol–water partition coefficient (Wildman–Crippen LogP) is 2.38. The number of amides is 1. The van der Waals surface area contributed by atoms with Gasteiger partial charge in [0.05, 0.1) is 12.6 Å². The highest BCUT2D eigenvalue weighted by molar-refractivity contribution is 5.92. The smallest absolute Gasteiger partial charge is 0.271 e. The fraction of sp³-hybridized carbons (Fsp3) is 0.375. The summed E-state index contributed by atoms with van der Waals surface area (Å²) in [6.07, 6.45) is 0.642. The van der Waals surface area contributed by atoms with Crippen LogP contribution in [0, 0.1) is 11.7 Å². The molecule has 5 nitrogen and oxygen atoms in total. The largest absolute Gasteiger partial charge is 0.387 e. The van der Waals surface area contributed by atoms with E-state index in [0.717, 1.165) is 0 Å². The molecule has 0 fully saturated rings. The molecule has 0 spiro atoms. The van der Waals surface area contributed by atoms with Crippen molar-refractivity contribution in [2.45, 2.75) is 20.0 Å². The number of H-pyrrole nitrogens is 1. The van der Waals surface area contributed by atoms with Crippen molar-refractivity contribution in [2.75, 3.05) is 13.1 Å². The Balaban J connectivity index is 2.12. The zero-order valence-corrected chi connectivity index (χ0v) is 12.7. The molecule has 1 amide bonds. The van der Waals surface area contributed by atoms with Crippen LogP contribution in [0.25, 0.3) is 0 Å². The number of aliphatic hydroxyl groups excluding tert-OH is 1. The van der Waals surface area contributed by atoms with Gasteiger partial charge in [-0.2, -0.15) is 5.10 Å². The molecule has 2 aromatic rings. The van der Waals surface area contributed by atoms with Gasteiger partial charge in [-0.3, -0.25) is 9.89 Å². The van der Waals surface area contributed by atoms with Crippen LogP contribution in [0.4, 0.5) is 4.39 Å². The van der Waals surface area contributed by atoms with Gasteiger partial charge in [0.15, 0.2) is 0 Å². The van der Waals surface area contributed by atoms with E-state index in [1.807, 2.05) is 13.8 Å². The van der Waals surface area contributed by atoms with Crippen molar-refractivity contribution in [3.05, 3.63) is 53.6 Å².